The predicted octanol–water partition coefficient (Wildman–Crippen LogP) is 4.26. The Balaban J connectivity index is 1.77. The lowest BCUT2D eigenvalue weighted by Crippen LogP contribution is -2.26. The first-order chi connectivity index (χ1) is 10.0. The second-order valence-corrected chi connectivity index (χ2v) is 6.09. The fourth-order valence-electron chi connectivity index (χ4n) is 1.72. The number of rotatable bonds is 6. The first-order valence-electron chi connectivity index (χ1n) is 6.61. The van der Waals surface area contributed by atoms with Gasteiger partial charge in [-0.15, -0.1) is 0 Å². The highest BCUT2D eigenvalue weighted by molar-refractivity contribution is 9.10. The summed E-state index contributed by atoms with van der Waals surface area (Å²) in [6.07, 6.45) is -0.603. The molecule has 0 fully saturated rings. The van der Waals surface area contributed by atoms with Gasteiger partial charge >= 0.3 is 0 Å². The SMILES string of the molecule is Cc1ccc(NCC(O)COc2ccc(Br)cc2)cc1Cl. The standard InChI is InChI=1S/C16H17BrClNO2/c1-11-2-5-13(8-16(11)18)19-9-14(20)10-21-15-6-3-12(17)4-7-15/h2-8,14,19-20H,9-10H2,1H3. The molecule has 3 nitrogen and oxygen atoms in total. The first-order valence-corrected chi connectivity index (χ1v) is 7.78. The van der Waals surface area contributed by atoms with E-state index in [4.69, 9.17) is 16.3 Å². The van der Waals surface area contributed by atoms with Crippen LogP contribution in [0.3, 0.4) is 0 Å². The average molecular weight is 371 g/mol. The average Bonchev–Trinajstić information content (AvgIpc) is 2.48. The minimum atomic E-state index is -0.603. The van der Waals surface area contributed by atoms with Gasteiger partial charge in [-0.3, -0.25) is 0 Å². The maximum atomic E-state index is 9.92. The highest BCUT2D eigenvalue weighted by Gasteiger charge is 2.06. The summed E-state index contributed by atoms with van der Waals surface area (Å²) in [5, 5.41) is 13.8. The van der Waals surface area contributed by atoms with E-state index >= 15 is 0 Å². The summed E-state index contributed by atoms with van der Waals surface area (Å²) >= 11 is 9.41. The van der Waals surface area contributed by atoms with Crippen molar-refractivity contribution in [1.82, 2.24) is 0 Å². The van der Waals surface area contributed by atoms with Crippen LogP contribution in [0, 0.1) is 6.92 Å². The number of aryl methyl sites for hydroxylation is 1. The largest absolute Gasteiger partial charge is 0.491 e. The predicted molar refractivity (Wildman–Crippen MR) is 90.3 cm³/mol. The van der Waals surface area contributed by atoms with E-state index < -0.39 is 6.10 Å². The van der Waals surface area contributed by atoms with Gasteiger partial charge < -0.3 is 15.2 Å². The second kappa shape index (κ2) is 7.69. The van der Waals surface area contributed by atoms with Crippen molar-refractivity contribution in [2.45, 2.75) is 13.0 Å². The highest BCUT2D eigenvalue weighted by atomic mass is 79.9. The lowest BCUT2D eigenvalue weighted by Gasteiger charge is -2.14. The van der Waals surface area contributed by atoms with E-state index in [0.717, 1.165) is 21.5 Å². The quantitative estimate of drug-likeness (QED) is 0.798. The van der Waals surface area contributed by atoms with E-state index in [0.29, 0.717) is 11.6 Å². The summed E-state index contributed by atoms with van der Waals surface area (Å²) in [5.41, 5.74) is 1.91. The summed E-state index contributed by atoms with van der Waals surface area (Å²) in [5.74, 6) is 0.732. The van der Waals surface area contributed by atoms with Crippen molar-refractivity contribution in [2.75, 3.05) is 18.5 Å². The molecule has 0 aliphatic rings. The van der Waals surface area contributed by atoms with Gasteiger partial charge in [0.15, 0.2) is 0 Å². The zero-order chi connectivity index (χ0) is 15.2. The summed E-state index contributed by atoms with van der Waals surface area (Å²) < 4.78 is 6.51. The molecule has 5 heteroatoms. The molecule has 0 aliphatic heterocycles. The van der Waals surface area contributed by atoms with Gasteiger partial charge in [0.25, 0.3) is 0 Å². The molecule has 0 heterocycles. The third kappa shape index (κ3) is 5.23. The summed E-state index contributed by atoms with van der Waals surface area (Å²) in [4.78, 5) is 0. The van der Waals surface area contributed by atoms with Crippen molar-refractivity contribution >= 4 is 33.2 Å². The molecule has 0 radical (unpaired) electrons. The normalized spacial score (nSPS) is 12.0. The zero-order valence-electron chi connectivity index (χ0n) is 11.6. The Morgan fingerprint density at radius 2 is 1.95 bits per heavy atom. The molecule has 0 aliphatic carbocycles. The lowest BCUT2D eigenvalue weighted by atomic mass is 10.2. The number of hydrogen-bond donors (Lipinski definition) is 2. The van der Waals surface area contributed by atoms with Gasteiger partial charge in [0.1, 0.15) is 18.5 Å². The molecule has 0 spiro atoms. The molecule has 2 rings (SSSR count). The molecule has 1 atom stereocenters. The number of anilines is 1. The van der Waals surface area contributed by atoms with Crippen molar-refractivity contribution in [3.05, 3.63) is 57.5 Å². The highest BCUT2D eigenvalue weighted by Crippen LogP contribution is 2.20. The Labute approximate surface area is 138 Å². The van der Waals surface area contributed by atoms with Crippen LogP contribution in [0.25, 0.3) is 0 Å². The Morgan fingerprint density at radius 3 is 2.62 bits per heavy atom. The van der Waals surface area contributed by atoms with Gasteiger partial charge in [-0.2, -0.15) is 0 Å². The molecule has 2 aromatic carbocycles. The lowest BCUT2D eigenvalue weighted by molar-refractivity contribution is 0.117. The number of aliphatic hydroxyl groups excluding tert-OH is 1. The van der Waals surface area contributed by atoms with E-state index in [1.165, 1.54) is 0 Å². The van der Waals surface area contributed by atoms with Crippen LogP contribution in [0.15, 0.2) is 46.9 Å². The van der Waals surface area contributed by atoms with Crippen LogP contribution in [0.1, 0.15) is 5.56 Å². The number of nitrogens with one attached hydrogen (secondary N) is 1. The van der Waals surface area contributed by atoms with Gasteiger partial charge in [0.2, 0.25) is 0 Å². The second-order valence-electron chi connectivity index (χ2n) is 4.76. The molecule has 2 N–H and O–H groups in total. The Kier molecular flexibility index (Phi) is 5.91. The number of hydrogen-bond acceptors (Lipinski definition) is 3. The molecular formula is C16H17BrClNO2. The topological polar surface area (TPSA) is 41.5 Å². The van der Waals surface area contributed by atoms with E-state index in [1.54, 1.807) is 0 Å². The Morgan fingerprint density at radius 1 is 1.24 bits per heavy atom. The molecule has 112 valence electrons. The summed E-state index contributed by atoms with van der Waals surface area (Å²) in [6, 6.07) is 13.2. The summed E-state index contributed by atoms with van der Waals surface area (Å²) in [6.45, 7) is 2.58. The van der Waals surface area contributed by atoms with Crippen molar-refractivity contribution in [3.63, 3.8) is 0 Å². The first kappa shape index (κ1) is 16.1. The zero-order valence-corrected chi connectivity index (χ0v) is 14.0. The van der Waals surface area contributed by atoms with E-state index in [2.05, 4.69) is 21.2 Å². The van der Waals surface area contributed by atoms with Crippen LogP contribution in [-0.2, 0) is 0 Å². The Hall–Kier alpha value is -1.23. The van der Waals surface area contributed by atoms with Crippen LogP contribution in [-0.4, -0.2) is 24.4 Å². The molecule has 0 aromatic heterocycles. The fourth-order valence-corrected chi connectivity index (χ4v) is 2.17. The fraction of sp³-hybridized carbons (Fsp3) is 0.250. The van der Waals surface area contributed by atoms with Crippen LogP contribution in [0.4, 0.5) is 5.69 Å². The van der Waals surface area contributed by atoms with Crippen LogP contribution >= 0.6 is 27.5 Å². The molecule has 0 saturated carbocycles. The van der Waals surface area contributed by atoms with Gasteiger partial charge in [-0.1, -0.05) is 33.6 Å². The molecule has 2 aromatic rings. The van der Waals surface area contributed by atoms with Crippen molar-refractivity contribution in [1.29, 1.82) is 0 Å². The maximum absolute atomic E-state index is 9.92. The molecule has 0 bridgehead atoms. The number of aliphatic hydroxyl groups is 1. The van der Waals surface area contributed by atoms with E-state index in [9.17, 15) is 5.11 Å². The van der Waals surface area contributed by atoms with Crippen molar-refractivity contribution in [2.24, 2.45) is 0 Å². The van der Waals surface area contributed by atoms with Crippen LogP contribution < -0.4 is 10.1 Å². The van der Waals surface area contributed by atoms with Crippen molar-refractivity contribution < 1.29 is 9.84 Å². The smallest absolute Gasteiger partial charge is 0.119 e. The third-order valence-electron chi connectivity index (χ3n) is 2.97. The van der Waals surface area contributed by atoms with Crippen LogP contribution in [0.2, 0.25) is 5.02 Å². The van der Waals surface area contributed by atoms with E-state index in [1.807, 2.05) is 49.4 Å². The molecule has 1 unspecified atom stereocenters. The number of benzene rings is 2. The minimum Gasteiger partial charge on any atom is -0.491 e. The van der Waals surface area contributed by atoms with Gasteiger partial charge in [0.05, 0.1) is 0 Å². The summed E-state index contributed by atoms with van der Waals surface area (Å²) in [7, 11) is 0. The van der Waals surface area contributed by atoms with Crippen molar-refractivity contribution in [3.8, 4) is 5.75 Å². The molecular weight excluding hydrogens is 354 g/mol. The van der Waals surface area contributed by atoms with Crippen LogP contribution in [0.5, 0.6) is 5.75 Å². The monoisotopic (exact) mass is 369 g/mol. The number of ether oxygens (including phenoxy) is 1. The molecule has 0 amide bonds. The van der Waals surface area contributed by atoms with Gasteiger partial charge in [-0.05, 0) is 48.9 Å². The molecule has 0 saturated heterocycles. The van der Waals surface area contributed by atoms with Gasteiger partial charge in [0, 0.05) is 21.7 Å². The molecule has 21 heavy (non-hydrogen) atoms. The van der Waals surface area contributed by atoms with Gasteiger partial charge in [-0.25, -0.2) is 0 Å². The third-order valence-corrected chi connectivity index (χ3v) is 3.91. The Bertz CT molecular complexity index is 589. The number of halogens is 2. The minimum absolute atomic E-state index is 0.230. The maximum Gasteiger partial charge on any atom is 0.119 e. The van der Waals surface area contributed by atoms with E-state index in [-0.39, 0.29) is 6.61 Å².